The van der Waals surface area contributed by atoms with Crippen LogP contribution in [0.15, 0.2) is 24.3 Å². The molecular formula is C15H20N2O3. The molecule has 0 spiro atoms. The van der Waals surface area contributed by atoms with E-state index < -0.39 is 0 Å². The molecule has 5 nitrogen and oxygen atoms in total. The van der Waals surface area contributed by atoms with Crippen molar-refractivity contribution >= 4 is 11.8 Å². The second-order valence-corrected chi connectivity index (χ2v) is 5.06. The zero-order valence-corrected chi connectivity index (χ0v) is 11.7. The molecule has 1 saturated heterocycles. The van der Waals surface area contributed by atoms with E-state index in [0.29, 0.717) is 38.1 Å². The summed E-state index contributed by atoms with van der Waals surface area (Å²) in [5, 5.41) is 0. The van der Waals surface area contributed by atoms with Crippen molar-refractivity contribution < 1.29 is 14.3 Å². The van der Waals surface area contributed by atoms with Crippen LogP contribution in [0.3, 0.4) is 0 Å². The molecule has 0 atom stereocenters. The minimum absolute atomic E-state index is 0.000528. The van der Waals surface area contributed by atoms with Crippen LogP contribution in [-0.4, -0.2) is 36.9 Å². The minimum atomic E-state index is -0.267. The number of nitrogens with two attached hydrogens (primary N) is 1. The Bertz CT molecular complexity index is 494. The van der Waals surface area contributed by atoms with Crippen molar-refractivity contribution in [1.29, 1.82) is 0 Å². The van der Waals surface area contributed by atoms with E-state index in [4.69, 9.17) is 10.5 Å². The average Bonchev–Trinajstić information content (AvgIpc) is 2.47. The zero-order chi connectivity index (χ0) is 14.5. The number of likely N-dealkylation sites (tertiary alicyclic amines) is 1. The molecule has 1 fully saturated rings. The van der Waals surface area contributed by atoms with Gasteiger partial charge < -0.3 is 15.4 Å². The summed E-state index contributed by atoms with van der Waals surface area (Å²) in [6.07, 6.45) is 1.29. The van der Waals surface area contributed by atoms with Crippen molar-refractivity contribution in [2.45, 2.75) is 19.4 Å². The predicted octanol–water partition coefficient (Wildman–Crippen LogP) is 1.17. The number of hydrogen-bond donors (Lipinski definition) is 1. The number of hydrogen-bond acceptors (Lipinski definition) is 3. The molecule has 0 unspecified atom stereocenters. The summed E-state index contributed by atoms with van der Waals surface area (Å²) in [5.41, 5.74) is 6.86. The van der Waals surface area contributed by atoms with Gasteiger partial charge in [-0.15, -0.1) is 0 Å². The summed E-state index contributed by atoms with van der Waals surface area (Å²) in [7, 11) is 1.61. The zero-order valence-electron chi connectivity index (χ0n) is 11.7. The summed E-state index contributed by atoms with van der Waals surface area (Å²) in [5.74, 6) is -0.370. The Balaban J connectivity index is 2.07. The van der Waals surface area contributed by atoms with Crippen LogP contribution in [0, 0.1) is 5.92 Å². The van der Waals surface area contributed by atoms with Crippen LogP contribution in [0.2, 0.25) is 0 Å². The van der Waals surface area contributed by atoms with E-state index >= 15 is 0 Å². The number of benzene rings is 1. The van der Waals surface area contributed by atoms with Crippen molar-refractivity contribution in [1.82, 2.24) is 4.90 Å². The molecular weight excluding hydrogens is 256 g/mol. The topological polar surface area (TPSA) is 72.6 Å². The number of rotatable bonds is 4. The lowest BCUT2D eigenvalue weighted by Gasteiger charge is -2.31. The molecule has 20 heavy (non-hydrogen) atoms. The number of methoxy groups -OCH3 is 1. The number of carbonyl (C=O) groups excluding carboxylic acids is 2. The summed E-state index contributed by atoms with van der Waals surface area (Å²) in [4.78, 5) is 25.5. The third kappa shape index (κ3) is 3.17. The second kappa shape index (κ2) is 6.52. The Labute approximate surface area is 118 Å². The smallest absolute Gasteiger partial charge is 0.254 e. The highest BCUT2D eigenvalue weighted by Crippen LogP contribution is 2.20. The molecule has 0 aromatic heterocycles. The van der Waals surface area contributed by atoms with Crippen molar-refractivity contribution in [3.63, 3.8) is 0 Å². The predicted molar refractivity (Wildman–Crippen MR) is 75.0 cm³/mol. The van der Waals surface area contributed by atoms with E-state index in [2.05, 4.69) is 0 Å². The third-order valence-electron chi connectivity index (χ3n) is 3.73. The lowest BCUT2D eigenvalue weighted by molar-refractivity contribution is -0.123. The van der Waals surface area contributed by atoms with Crippen LogP contribution in [-0.2, 0) is 16.1 Å². The van der Waals surface area contributed by atoms with Gasteiger partial charge in [0.15, 0.2) is 0 Å². The summed E-state index contributed by atoms with van der Waals surface area (Å²) >= 11 is 0. The SMILES string of the molecule is COCc1ccccc1C(=O)N1CCC(C(N)=O)CC1. The van der Waals surface area contributed by atoms with Crippen LogP contribution >= 0.6 is 0 Å². The van der Waals surface area contributed by atoms with E-state index in [-0.39, 0.29) is 17.7 Å². The highest BCUT2D eigenvalue weighted by atomic mass is 16.5. The molecule has 1 aromatic carbocycles. The van der Waals surface area contributed by atoms with Crippen LogP contribution in [0.5, 0.6) is 0 Å². The van der Waals surface area contributed by atoms with Crippen molar-refractivity contribution in [3.8, 4) is 0 Å². The Morgan fingerprint density at radius 1 is 1.30 bits per heavy atom. The van der Waals surface area contributed by atoms with Gasteiger partial charge in [0.1, 0.15) is 0 Å². The van der Waals surface area contributed by atoms with Crippen LogP contribution < -0.4 is 5.73 Å². The van der Waals surface area contributed by atoms with Gasteiger partial charge in [0.2, 0.25) is 5.91 Å². The maximum Gasteiger partial charge on any atom is 0.254 e. The van der Waals surface area contributed by atoms with Gasteiger partial charge in [0.05, 0.1) is 6.61 Å². The van der Waals surface area contributed by atoms with Gasteiger partial charge in [-0.25, -0.2) is 0 Å². The second-order valence-electron chi connectivity index (χ2n) is 5.06. The van der Waals surface area contributed by atoms with Crippen LogP contribution in [0.25, 0.3) is 0 Å². The van der Waals surface area contributed by atoms with E-state index in [1.807, 2.05) is 24.3 Å². The number of nitrogens with zero attached hydrogens (tertiary/aromatic N) is 1. The van der Waals surface area contributed by atoms with Crippen LogP contribution in [0.4, 0.5) is 0 Å². The standard InChI is InChI=1S/C15H20N2O3/c1-20-10-12-4-2-3-5-13(12)15(19)17-8-6-11(7-9-17)14(16)18/h2-5,11H,6-10H2,1H3,(H2,16,18). The number of primary amides is 1. The minimum Gasteiger partial charge on any atom is -0.380 e. The van der Waals surface area contributed by atoms with Gasteiger partial charge in [-0.1, -0.05) is 18.2 Å². The quantitative estimate of drug-likeness (QED) is 0.897. The lowest BCUT2D eigenvalue weighted by Crippen LogP contribution is -2.42. The molecule has 0 radical (unpaired) electrons. The maximum atomic E-state index is 12.5. The fourth-order valence-electron chi connectivity index (χ4n) is 2.55. The Kier molecular flexibility index (Phi) is 4.74. The molecule has 1 aliphatic heterocycles. The summed E-state index contributed by atoms with van der Waals surface area (Å²) < 4.78 is 5.12. The van der Waals surface area contributed by atoms with Gasteiger partial charge in [-0.2, -0.15) is 0 Å². The van der Waals surface area contributed by atoms with Crippen LogP contribution in [0.1, 0.15) is 28.8 Å². The molecule has 1 aliphatic rings. The number of ether oxygens (including phenoxy) is 1. The van der Waals surface area contributed by atoms with E-state index in [9.17, 15) is 9.59 Å². The molecule has 0 aliphatic carbocycles. The normalized spacial score (nSPS) is 16.1. The molecule has 1 aromatic rings. The third-order valence-corrected chi connectivity index (χ3v) is 3.73. The molecule has 0 bridgehead atoms. The van der Waals surface area contributed by atoms with Gasteiger partial charge in [0.25, 0.3) is 5.91 Å². The van der Waals surface area contributed by atoms with Crippen molar-refractivity contribution in [2.24, 2.45) is 11.7 Å². The first kappa shape index (κ1) is 14.5. The lowest BCUT2D eigenvalue weighted by atomic mass is 9.95. The first-order valence-electron chi connectivity index (χ1n) is 6.79. The Morgan fingerprint density at radius 3 is 2.55 bits per heavy atom. The fourth-order valence-corrected chi connectivity index (χ4v) is 2.55. The number of piperidine rings is 1. The molecule has 2 amide bonds. The maximum absolute atomic E-state index is 12.5. The molecule has 1 heterocycles. The molecule has 0 saturated carbocycles. The highest BCUT2D eigenvalue weighted by molar-refractivity contribution is 5.95. The Morgan fingerprint density at radius 2 is 1.95 bits per heavy atom. The summed E-state index contributed by atoms with van der Waals surface area (Å²) in [6.45, 7) is 1.57. The van der Waals surface area contributed by atoms with E-state index in [0.717, 1.165) is 5.56 Å². The highest BCUT2D eigenvalue weighted by Gasteiger charge is 2.27. The molecule has 5 heteroatoms. The monoisotopic (exact) mass is 276 g/mol. The first-order chi connectivity index (χ1) is 9.63. The molecule has 2 N–H and O–H groups in total. The van der Waals surface area contributed by atoms with Gasteiger partial charge in [-0.05, 0) is 24.5 Å². The molecule has 108 valence electrons. The first-order valence-corrected chi connectivity index (χ1v) is 6.79. The Hall–Kier alpha value is -1.88. The van der Waals surface area contributed by atoms with Gasteiger partial charge in [0, 0.05) is 31.7 Å². The summed E-state index contributed by atoms with van der Waals surface area (Å²) in [6, 6.07) is 7.46. The van der Waals surface area contributed by atoms with Gasteiger partial charge in [-0.3, -0.25) is 9.59 Å². The van der Waals surface area contributed by atoms with Crippen molar-refractivity contribution in [2.75, 3.05) is 20.2 Å². The van der Waals surface area contributed by atoms with E-state index in [1.165, 1.54) is 0 Å². The number of amides is 2. The number of carbonyl (C=O) groups is 2. The fraction of sp³-hybridized carbons (Fsp3) is 0.467. The van der Waals surface area contributed by atoms with Crippen molar-refractivity contribution in [3.05, 3.63) is 35.4 Å². The van der Waals surface area contributed by atoms with Gasteiger partial charge >= 0.3 is 0 Å². The largest absolute Gasteiger partial charge is 0.380 e. The van der Waals surface area contributed by atoms with E-state index in [1.54, 1.807) is 12.0 Å². The average molecular weight is 276 g/mol. The molecule has 2 rings (SSSR count).